The highest BCUT2D eigenvalue weighted by Crippen LogP contribution is 2.36. The summed E-state index contributed by atoms with van der Waals surface area (Å²) in [6.45, 7) is 8.53. The van der Waals surface area contributed by atoms with Crippen molar-refractivity contribution in [1.29, 1.82) is 0 Å². The van der Waals surface area contributed by atoms with Crippen molar-refractivity contribution in [2.24, 2.45) is 0 Å². The van der Waals surface area contributed by atoms with Crippen LogP contribution in [0, 0.1) is 0 Å². The molecule has 0 radical (unpaired) electrons. The lowest BCUT2D eigenvalue weighted by atomic mass is 9.78. The second-order valence-corrected chi connectivity index (χ2v) is 7.77. The van der Waals surface area contributed by atoms with Gasteiger partial charge in [0.15, 0.2) is 6.61 Å². The summed E-state index contributed by atoms with van der Waals surface area (Å²) in [6.07, 6.45) is 0.0881. The molecule has 9 heteroatoms. The summed E-state index contributed by atoms with van der Waals surface area (Å²) < 4.78 is 16.6. The number of ether oxygens (including phenoxy) is 1. The molecule has 1 aliphatic heterocycles. The van der Waals surface area contributed by atoms with Gasteiger partial charge in [0, 0.05) is 13.3 Å². The average Bonchev–Trinajstić information content (AvgIpc) is 2.80. The highest BCUT2D eigenvalue weighted by molar-refractivity contribution is 6.62. The maximum absolute atomic E-state index is 11.7. The molecule has 0 bridgehead atoms. The fraction of sp³-hybridized carbons (Fsp3) is 0.526. The summed E-state index contributed by atoms with van der Waals surface area (Å²) in [5.41, 5.74) is 0.655. The molecule has 1 amide bonds. The van der Waals surface area contributed by atoms with E-state index in [2.05, 4.69) is 10.1 Å². The molecule has 1 saturated heterocycles. The summed E-state index contributed by atoms with van der Waals surface area (Å²) >= 11 is 0. The number of carboxylic acid groups (broad SMARTS) is 1. The Morgan fingerprint density at radius 3 is 2.11 bits per heavy atom. The lowest BCUT2D eigenvalue weighted by molar-refractivity contribution is -0.148. The number of amides is 1. The number of hydrogen-bond donors (Lipinski definition) is 2. The van der Waals surface area contributed by atoms with Gasteiger partial charge in [-0.2, -0.15) is 0 Å². The van der Waals surface area contributed by atoms with Crippen LogP contribution < -0.4 is 10.8 Å². The number of benzene rings is 1. The SMILES string of the molecule is CC(=O)OCC(=O)N[C@H](Cc1ccc(B2OC(C)(C)C(C)(C)O2)cc1)C(=O)O. The number of hydrogen-bond acceptors (Lipinski definition) is 6. The fourth-order valence-corrected chi connectivity index (χ4v) is 2.63. The fourth-order valence-electron chi connectivity index (χ4n) is 2.63. The van der Waals surface area contributed by atoms with Crippen molar-refractivity contribution in [3.63, 3.8) is 0 Å². The molecule has 1 aromatic rings. The highest BCUT2D eigenvalue weighted by atomic mass is 16.7. The Labute approximate surface area is 164 Å². The zero-order valence-electron chi connectivity index (χ0n) is 16.8. The summed E-state index contributed by atoms with van der Waals surface area (Å²) in [7, 11) is -0.502. The summed E-state index contributed by atoms with van der Waals surface area (Å²) in [5, 5.41) is 11.7. The van der Waals surface area contributed by atoms with Gasteiger partial charge >= 0.3 is 19.1 Å². The lowest BCUT2D eigenvalue weighted by Crippen LogP contribution is -2.44. The number of esters is 1. The Kier molecular flexibility index (Phi) is 6.51. The minimum absolute atomic E-state index is 0.0881. The monoisotopic (exact) mass is 391 g/mol. The summed E-state index contributed by atoms with van der Waals surface area (Å²) in [5.74, 6) is -2.46. The van der Waals surface area contributed by atoms with E-state index in [0.29, 0.717) is 0 Å². The first-order chi connectivity index (χ1) is 12.9. The standard InChI is InChI=1S/C19H26BNO7/c1-12(22)26-11-16(23)21-15(17(24)25)10-13-6-8-14(9-7-13)20-27-18(2,3)19(4,5)28-20/h6-9,15H,10-11H2,1-5H3,(H,21,23)(H,24,25)/t15-/m1/s1. The van der Waals surface area contributed by atoms with Crippen molar-refractivity contribution >= 4 is 30.4 Å². The Morgan fingerprint density at radius 1 is 1.11 bits per heavy atom. The molecule has 8 nitrogen and oxygen atoms in total. The van der Waals surface area contributed by atoms with E-state index in [9.17, 15) is 19.5 Å². The quantitative estimate of drug-likeness (QED) is 0.519. The van der Waals surface area contributed by atoms with Gasteiger partial charge < -0.3 is 24.5 Å². The van der Waals surface area contributed by atoms with E-state index in [0.717, 1.165) is 11.0 Å². The molecule has 1 aliphatic rings. The van der Waals surface area contributed by atoms with Crippen molar-refractivity contribution in [2.75, 3.05) is 6.61 Å². The molecule has 28 heavy (non-hydrogen) atoms. The molecule has 152 valence electrons. The Hall–Kier alpha value is -2.39. The molecule has 0 unspecified atom stereocenters. The van der Waals surface area contributed by atoms with Crippen LogP contribution in [0.4, 0.5) is 0 Å². The third-order valence-corrected chi connectivity index (χ3v) is 4.98. The molecule has 1 aromatic carbocycles. The van der Waals surface area contributed by atoms with Gasteiger partial charge in [-0.15, -0.1) is 0 Å². The van der Waals surface area contributed by atoms with Crippen molar-refractivity contribution in [3.05, 3.63) is 29.8 Å². The molecular weight excluding hydrogens is 365 g/mol. The van der Waals surface area contributed by atoms with Crippen molar-refractivity contribution < 1.29 is 33.5 Å². The van der Waals surface area contributed by atoms with Crippen LogP contribution >= 0.6 is 0 Å². The topological polar surface area (TPSA) is 111 Å². The van der Waals surface area contributed by atoms with Gasteiger partial charge in [0.05, 0.1) is 11.2 Å². The third-order valence-electron chi connectivity index (χ3n) is 4.98. The number of nitrogens with one attached hydrogen (secondary N) is 1. The van der Waals surface area contributed by atoms with Crippen LogP contribution in [0.3, 0.4) is 0 Å². The molecular formula is C19H26BNO7. The van der Waals surface area contributed by atoms with Crippen molar-refractivity contribution in [3.8, 4) is 0 Å². The molecule has 2 N–H and O–H groups in total. The van der Waals surface area contributed by atoms with Gasteiger partial charge in [0.25, 0.3) is 5.91 Å². The zero-order valence-corrected chi connectivity index (χ0v) is 16.8. The molecule has 0 spiro atoms. The Morgan fingerprint density at radius 2 is 1.64 bits per heavy atom. The van der Waals surface area contributed by atoms with Gasteiger partial charge in [0.2, 0.25) is 0 Å². The number of rotatable bonds is 7. The van der Waals surface area contributed by atoms with E-state index < -0.39 is 48.8 Å². The van der Waals surface area contributed by atoms with E-state index in [-0.39, 0.29) is 6.42 Å². The molecule has 1 heterocycles. The first kappa shape index (κ1) is 21.9. The second-order valence-electron chi connectivity index (χ2n) is 7.77. The first-order valence-corrected chi connectivity index (χ1v) is 9.01. The minimum atomic E-state index is -1.17. The second kappa shape index (κ2) is 8.32. The summed E-state index contributed by atoms with van der Waals surface area (Å²) in [6, 6.07) is 6.04. The molecule has 0 aliphatic carbocycles. The largest absolute Gasteiger partial charge is 0.494 e. The van der Waals surface area contributed by atoms with E-state index >= 15 is 0 Å². The number of carbonyl (C=O) groups excluding carboxylic acids is 2. The van der Waals surface area contributed by atoms with Crippen molar-refractivity contribution in [1.82, 2.24) is 5.32 Å². The Bertz CT molecular complexity index is 729. The normalized spacial score (nSPS) is 18.4. The van der Waals surface area contributed by atoms with E-state index in [4.69, 9.17) is 9.31 Å². The van der Waals surface area contributed by atoms with E-state index in [1.54, 1.807) is 12.1 Å². The number of carbonyl (C=O) groups is 3. The summed E-state index contributed by atoms with van der Waals surface area (Å²) in [4.78, 5) is 33.9. The van der Waals surface area contributed by atoms with Gasteiger partial charge in [-0.1, -0.05) is 24.3 Å². The number of aliphatic carboxylic acids is 1. The highest BCUT2D eigenvalue weighted by Gasteiger charge is 2.51. The Balaban J connectivity index is 2.01. The van der Waals surface area contributed by atoms with Crippen LogP contribution in [0.2, 0.25) is 0 Å². The molecule has 1 fully saturated rings. The molecule has 1 atom stereocenters. The first-order valence-electron chi connectivity index (χ1n) is 9.01. The van der Waals surface area contributed by atoms with Crippen molar-refractivity contribution in [2.45, 2.75) is 58.3 Å². The minimum Gasteiger partial charge on any atom is -0.480 e. The van der Waals surface area contributed by atoms with E-state index in [1.807, 2.05) is 39.8 Å². The van der Waals surface area contributed by atoms with Gasteiger partial charge in [0.1, 0.15) is 6.04 Å². The number of carboxylic acids is 1. The van der Waals surface area contributed by atoms with E-state index in [1.165, 1.54) is 6.92 Å². The third kappa shape index (κ3) is 5.33. The maximum Gasteiger partial charge on any atom is 0.494 e. The average molecular weight is 391 g/mol. The van der Waals surface area contributed by atoms with Crippen LogP contribution in [0.1, 0.15) is 40.2 Å². The van der Waals surface area contributed by atoms with Crippen LogP contribution in [-0.4, -0.2) is 53.9 Å². The molecule has 2 rings (SSSR count). The maximum atomic E-state index is 11.7. The van der Waals surface area contributed by atoms with Gasteiger partial charge in [-0.3, -0.25) is 9.59 Å². The van der Waals surface area contributed by atoms with Gasteiger partial charge in [-0.05, 0) is 38.7 Å². The van der Waals surface area contributed by atoms with Gasteiger partial charge in [-0.25, -0.2) is 4.79 Å². The van der Waals surface area contributed by atoms with Crippen LogP contribution in [0.15, 0.2) is 24.3 Å². The molecule has 0 saturated carbocycles. The predicted octanol–water partition coefficient (Wildman–Crippen LogP) is 0.661. The lowest BCUT2D eigenvalue weighted by Gasteiger charge is -2.32. The van der Waals surface area contributed by atoms with Crippen LogP contribution in [0.5, 0.6) is 0 Å². The van der Waals surface area contributed by atoms with Crippen LogP contribution in [-0.2, 0) is 34.9 Å². The zero-order chi connectivity index (χ0) is 21.1. The smallest absolute Gasteiger partial charge is 0.480 e. The molecule has 0 aromatic heterocycles. The van der Waals surface area contributed by atoms with Crippen LogP contribution in [0.25, 0.3) is 0 Å². The predicted molar refractivity (Wildman–Crippen MR) is 102 cm³/mol.